The highest BCUT2D eigenvalue weighted by molar-refractivity contribution is 5.54. The van der Waals surface area contributed by atoms with Gasteiger partial charge in [-0.3, -0.25) is 0 Å². The van der Waals surface area contributed by atoms with Crippen LogP contribution in [0.4, 0.5) is 0 Å². The Morgan fingerprint density at radius 2 is 1.80 bits per heavy atom. The van der Waals surface area contributed by atoms with Gasteiger partial charge in [-0.2, -0.15) is 0 Å². The lowest BCUT2D eigenvalue weighted by Crippen LogP contribution is -2.03. The molecule has 0 amide bonds. The number of hydrogen-bond acceptors (Lipinski definition) is 3. The van der Waals surface area contributed by atoms with Crippen LogP contribution in [0.1, 0.15) is 29.7 Å². The van der Waals surface area contributed by atoms with Crippen molar-refractivity contribution in [2.45, 2.75) is 26.9 Å². The van der Waals surface area contributed by atoms with Gasteiger partial charge in [-0.25, -0.2) is 0 Å². The van der Waals surface area contributed by atoms with Gasteiger partial charge in [-0.05, 0) is 38.0 Å². The van der Waals surface area contributed by atoms with Crippen LogP contribution >= 0.6 is 0 Å². The zero-order valence-electron chi connectivity index (χ0n) is 9.92. The third-order valence-electron chi connectivity index (χ3n) is 2.58. The molecule has 1 aromatic rings. The Bertz CT molecular complexity index is 356. The van der Waals surface area contributed by atoms with Crippen molar-refractivity contribution in [2.75, 3.05) is 14.2 Å². The predicted molar refractivity (Wildman–Crippen MR) is 59.7 cm³/mol. The highest BCUT2D eigenvalue weighted by Gasteiger charge is 2.17. The van der Waals surface area contributed by atoms with Gasteiger partial charge in [0.25, 0.3) is 0 Å². The van der Waals surface area contributed by atoms with Gasteiger partial charge >= 0.3 is 0 Å². The van der Waals surface area contributed by atoms with E-state index in [0.29, 0.717) is 11.5 Å². The second-order valence-electron chi connectivity index (χ2n) is 3.64. The van der Waals surface area contributed by atoms with Crippen LogP contribution in [0.3, 0.4) is 0 Å². The second kappa shape index (κ2) is 4.53. The zero-order valence-corrected chi connectivity index (χ0v) is 9.92. The summed E-state index contributed by atoms with van der Waals surface area (Å²) in [7, 11) is 3.21. The van der Waals surface area contributed by atoms with Crippen LogP contribution in [-0.4, -0.2) is 19.3 Å². The van der Waals surface area contributed by atoms with E-state index >= 15 is 0 Å². The van der Waals surface area contributed by atoms with Crippen LogP contribution < -0.4 is 9.47 Å². The van der Waals surface area contributed by atoms with Gasteiger partial charge in [0.05, 0.1) is 20.3 Å². The summed E-state index contributed by atoms with van der Waals surface area (Å²) in [4.78, 5) is 0. The molecule has 1 atom stereocenters. The molecule has 0 saturated heterocycles. The normalized spacial score (nSPS) is 12.4. The molecule has 0 radical (unpaired) electrons. The van der Waals surface area contributed by atoms with Crippen molar-refractivity contribution in [2.24, 2.45) is 0 Å². The first kappa shape index (κ1) is 11.9. The Morgan fingerprint density at radius 1 is 1.20 bits per heavy atom. The number of aryl methyl sites for hydroxylation is 1. The average Bonchev–Trinajstić information content (AvgIpc) is 2.16. The van der Waals surface area contributed by atoms with E-state index in [1.54, 1.807) is 21.1 Å². The molecule has 0 bridgehead atoms. The van der Waals surface area contributed by atoms with Crippen LogP contribution in [0.15, 0.2) is 6.07 Å². The molecule has 0 aliphatic heterocycles. The van der Waals surface area contributed by atoms with Crippen molar-refractivity contribution < 1.29 is 14.6 Å². The van der Waals surface area contributed by atoms with E-state index in [2.05, 4.69) is 0 Å². The molecule has 0 aliphatic carbocycles. The number of hydrogen-bond donors (Lipinski definition) is 1. The van der Waals surface area contributed by atoms with Gasteiger partial charge in [0.2, 0.25) is 0 Å². The van der Waals surface area contributed by atoms with E-state index in [-0.39, 0.29) is 0 Å². The zero-order chi connectivity index (χ0) is 11.6. The van der Waals surface area contributed by atoms with E-state index < -0.39 is 6.10 Å². The fourth-order valence-electron chi connectivity index (χ4n) is 1.99. The Morgan fingerprint density at radius 3 is 2.20 bits per heavy atom. The summed E-state index contributed by atoms with van der Waals surface area (Å²) in [5, 5.41) is 9.67. The maximum Gasteiger partial charge on any atom is 0.164 e. The van der Waals surface area contributed by atoms with E-state index in [4.69, 9.17) is 9.47 Å². The van der Waals surface area contributed by atoms with E-state index in [9.17, 15) is 5.11 Å². The lowest BCUT2D eigenvalue weighted by atomic mass is 9.97. The predicted octanol–water partition coefficient (Wildman–Crippen LogP) is 2.37. The molecule has 3 nitrogen and oxygen atoms in total. The van der Waals surface area contributed by atoms with Crippen LogP contribution in [-0.2, 0) is 0 Å². The number of benzene rings is 1. The van der Waals surface area contributed by atoms with Gasteiger partial charge in [-0.1, -0.05) is 0 Å². The molecule has 0 heterocycles. The van der Waals surface area contributed by atoms with Crippen molar-refractivity contribution in [1.82, 2.24) is 0 Å². The average molecular weight is 210 g/mol. The highest BCUT2D eigenvalue weighted by atomic mass is 16.5. The molecule has 84 valence electrons. The Labute approximate surface area is 90.6 Å². The molecule has 0 saturated carbocycles. The Balaban J connectivity index is 3.44. The number of rotatable bonds is 3. The molecule has 1 rings (SSSR count). The fraction of sp³-hybridized carbons (Fsp3) is 0.500. The molecular weight excluding hydrogens is 192 g/mol. The van der Waals surface area contributed by atoms with Crippen LogP contribution in [0, 0.1) is 13.8 Å². The first-order valence-electron chi connectivity index (χ1n) is 4.93. The maximum absolute atomic E-state index is 9.67. The summed E-state index contributed by atoms with van der Waals surface area (Å²) in [6.45, 7) is 5.63. The van der Waals surface area contributed by atoms with Crippen molar-refractivity contribution in [3.05, 3.63) is 22.8 Å². The summed E-state index contributed by atoms with van der Waals surface area (Å²) in [6.07, 6.45) is -0.496. The molecular formula is C12H18O3. The first-order valence-corrected chi connectivity index (χ1v) is 4.93. The van der Waals surface area contributed by atoms with Gasteiger partial charge in [-0.15, -0.1) is 0 Å². The Hall–Kier alpha value is -1.22. The fourth-order valence-corrected chi connectivity index (χ4v) is 1.99. The van der Waals surface area contributed by atoms with Crippen molar-refractivity contribution in [3.63, 3.8) is 0 Å². The van der Waals surface area contributed by atoms with Crippen molar-refractivity contribution >= 4 is 0 Å². The number of aliphatic hydroxyl groups excluding tert-OH is 1. The molecule has 0 aromatic heterocycles. The third-order valence-corrected chi connectivity index (χ3v) is 2.58. The monoisotopic (exact) mass is 210 g/mol. The topological polar surface area (TPSA) is 38.7 Å². The van der Waals surface area contributed by atoms with Crippen molar-refractivity contribution in [3.8, 4) is 11.5 Å². The van der Waals surface area contributed by atoms with Crippen LogP contribution in [0.2, 0.25) is 0 Å². The minimum atomic E-state index is -0.496. The minimum absolute atomic E-state index is 0.496. The smallest absolute Gasteiger partial charge is 0.164 e. The molecule has 0 fully saturated rings. The first-order chi connectivity index (χ1) is 7.02. The quantitative estimate of drug-likeness (QED) is 0.832. The summed E-state index contributed by atoms with van der Waals surface area (Å²) >= 11 is 0. The molecule has 1 unspecified atom stereocenters. The standard InChI is InChI=1S/C12H18O3/c1-7-6-10(14-4)12(15-5)8(2)11(7)9(3)13/h6,9,13H,1-5H3. The minimum Gasteiger partial charge on any atom is -0.493 e. The molecule has 1 aromatic carbocycles. The summed E-state index contributed by atoms with van der Waals surface area (Å²) in [6, 6.07) is 1.88. The summed E-state index contributed by atoms with van der Waals surface area (Å²) < 4.78 is 10.5. The molecule has 0 spiro atoms. The highest BCUT2D eigenvalue weighted by Crippen LogP contribution is 2.37. The van der Waals surface area contributed by atoms with Gasteiger partial charge < -0.3 is 14.6 Å². The van der Waals surface area contributed by atoms with Crippen LogP contribution in [0.25, 0.3) is 0 Å². The third kappa shape index (κ3) is 2.07. The number of aliphatic hydroxyl groups is 1. The second-order valence-corrected chi connectivity index (χ2v) is 3.64. The maximum atomic E-state index is 9.67. The molecule has 0 aliphatic rings. The van der Waals surface area contributed by atoms with Gasteiger partial charge in [0.15, 0.2) is 11.5 Å². The van der Waals surface area contributed by atoms with Crippen LogP contribution in [0.5, 0.6) is 11.5 Å². The van der Waals surface area contributed by atoms with E-state index in [1.807, 2.05) is 19.9 Å². The lowest BCUT2D eigenvalue weighted by Gasteiger charge is -2.18. The summed E-state index contributed by atoms with van der Waals surface area (Å²) in [5.41, 5.74) is 2.86. The number of methoxy groups -OCH3 is 2. The van der Waals surface area contributed by atoms with E-state index in [0.717, 1.165) is 16.7 Å². The van der Waals surface area contributed by atoms with Crippen molar-refractivity contribution in [1.29, 1.82) is 0 Å². The molecule has 15 heavy (non-hydrogen) atoms. The largest absolute Gasteiger partial charge is 0.493 e. The molecule has 1 N–H and O–H groups in total. The van der Waals surface area contributed by atoms with E-state index in [1.165, 1.54) is 0 Å². The van der Waals surface area contributed by atoms with Gasteiger partial charge in [0, 0.05) is 5.56 Å². The number of ether oxygens (including phenoxy) is 2. The SMILES string of the molecule is COc1cc(C)c(C(C)O)c(C)c1OC. The lowest BCUT2D eigenvalue weighted by molar-refractivity contribution is 0.197. The summed E-state index contributed by atoms with van der Waals surface area (Å²) in [5.74, 6) is 1.40. The van der Waals surface area contributed by atoms with Gasteiger partial charge in [0.1, 0.15) is 0 Å². The Kier molecular flexibility index (Phi) is 3.58. The molecule has 3 heteroatoms.